The zero-order valence-corrected chi connectivity index (χ0v) is 14.8. The average Bonchev–Trinajstić information content (AvgIpc) is 2.90. The fourth-order valence-corrected chi connectivity index (χ4v) is 3.34. The van der Waals surface area contributed by atoms with Crippen LogP contribution in [0.15, 0.2) is 11.6 Å². The monoisotopic (exact) mass is 325 g/mol. The molecule has 0 saturated carbocycles. The number of nitrogens with zero attached hydrogens (tertiary/aromatic N) is 2. The molecule has 1 aromatic heterocycles. The Morgan fingerprint density at radius 3 is 2.95 bits per heavy atom. The number of amides is 1. The molecule has 22 heavy (non-hydrogen) atoms. The van der Waals surface area contributed by atoms with Crippen molar-refractivity contribution in [3.8, 4) is 0 Å². The van der Waals surface area contributed by atoms with Crippen LogP contribution in [0.5, 0.6) is 0 Å². The summed E-state index contributed by atoms with van der Waals surface area (Å²) in [7, 11) is 0. The van der Waals surface area contributed by atoms with Gasteiger partial charge in [0.25, 0.3) is 0 Å². The molecule has 2 rings (SSSR count). The third-order valence-electron chi connectivity index (χ3n) is 3.74. The SMILES string of the molecule is CC1(CNCc2nccs2)CCCN(C(=O)OC(C)(C)C)C1. The lowest BCUT2D eigenvalue weighted by Gasteiger charge is -2.41. The molecule has 0 aliphatic carbocycles. The molecule has 1 unspecified atom stereocenters. The minimum atomic E-state index is -0.436. The normalized spacial score (nSPS) is 22.6. The first-order chi connectivity index (χ1) is 10.3. The summed E-state index contributed by atoms with van der Waals surface area (Å²) in [6.45, 7) is 11.2. The lowest BCUT2D eigenvalue weighted by molar-refractivity contribution is 0.00675. The van der Waals surface area contributed by atoms with Crippen molar-refractivity contribution < 1.29 is 9.53 Å². The van der Waals surface area contributed by atoms with E-state index in [9.17, 15) is 4.79 Å². The van der Waals surface area contributed by atoms with E-state index in [4.69, 9.17) is 4.74 Å². The number of ether oxygens (including phenoxy) is 1. The van der Waals surface area contributed by atoms with E-state index >= 15 is 0 Å². The highest BCUT2D eigenvalue weighted by molar-refractivity contribution is 7.09. The molecule has 5 nitrogen and oxygen atoms in total. The van der Waals surface area contributed by atoms with Crippen LogP contribution in [0.3, 0.4) is 0 Å². The van der Waals surface area contributed by atoms with Gasteiger partial charge >= 0.3 is 6.09 Å². The van der Waals surface area contributed by atoms with E-state index < -0.39 is 5.60 Å². The van der Waals surface area contributed by atoms with E-state index in [1.807, 2.05) is 37.2 Å². The number of hydrogen-bond donors (Lipinski definition) is 1. The number of hydrogen-bond acceptors (Lipinski definition) is 5. The largest absolute Gasteiger partial charge is 0.444 e. The quantitative estimate of drug-likeness (QED) is 0.923. The molecule has 0 spiro atoms. The van der Waals surface area contributed by atoms with E-state index in [2.05, 4.69) is 17.2 Å². The van der Waals surface area contributed by atoms with Crippen LogP contribution in [0, 0.1) is 5.41 Å². The van der Waals surface area contributed by atoms with Gasteiger partial charge in [-0.25, -0.2) is 9.78 Å². The van der Waals surface area contributed by atoms with Crippen molar-refractivity contribution in [2.24, 2.45) is 5.41 Å². The fourth-order valence-electron chi connectivity index (χ4n) is 2.75. The molecule has 1 N–H and O–H groups in total. The Bertz CT molecular complexity index is 484. The number of rotatable bonds is 4. The van der Waals surface area contributed by atoms with E-state index in [0.29, 0.717) is 0 Å². The second-order valence-corrected chi connectivity index (χ2v) is 8.32. The van der Waals surface area contributed by atoms with Gasteiger partial charge < -0.3 is 15.0 Å². The van der Waals surface area contributed by atoms with Gasteiger partial charge in [-0.15, -0.1) is 11.3 Å². The van der Waals surface area contributed by atoms with Crippen LogP contribution in [-0.2, 0) is 11.3 Å². The van der Waals surface area contributed by atoms with Crippen LogP contribution >= 0.6 is 11.3 Å². The summed E-state index contributed by atoms with van der Waals surface area (Å²) < 4.78 is 5.49. The van der Waals surface area contributed by atoms with Gasteiger partial charge in [0, 0.05) is 37.8 Å². The van der Waals surface area contributed by atoms with Crippen molar-refractivity contribution in [3.63, 3.8) is 0 Å². The van der Waals surface area contributed by atoms with Gasteiger partial charge in [-0.1, -0.05) is 6.92 Å². The molecule has 1 saturated heterocycles. The summed E-state index contributed by atoms with van der Waals surface area (Å²) in [5.74, 6) is 0. The maximum atomic E-state index is 12.2. The molecular weight excluding hydrogens is 298 g/mol. The summed E-state index contributed by atoms with van der Waals surface area (Å²) in [5.41, 5.74) is -0.347. The van der Waals surface area contributed by atoms with Crippen molar-refractivity contribution in [1.82, 2.24) is 15.2 Å². The van der Waals surface area contributed by atoms with Crippen LogP contribution in [0.2, 0.25) is 0 Å². The highest BCUT2D eigenvalue weighted by Crippen LogP contribution is 2.29. The number of nitrogens with one attached hydrogen (secondary N) is 1. The van der Waals surface area contributed by atoms with Gasteiger partial charge in [-0.3, -0.25) is 0 Å². The topological polar surface area (TPSA) is 54.5 Å². The molecule has 6 heteroatoms. The predicted octanol–water partition coefficient (Wildman–Crippen LogP) is 3.27. The van der Waals surface area contributed by atoms with E-state index in [1.165, 1.54) is 0 Å². The Morgan fingerprint density at radius 1 is 1.55 bits per heavy atom. The smallest absolute Gasteiger partial charge is 0.410 e. The van der Waals surface area contributed by atoms with Gasteiger partial charge in [0.05, 0.1) is 0 Å². The Hall–Kier alpha value is -1.14. The third kappa shape index (κ3) is 5.25. The Morgan fingerprint density at radius 2 is 2.32 bits per heavy atom. The van der Waals surface area contributed by atoms with E-state index in [1.54, 1.807) is 11.3 Å². The minimum Gasteiger partial charge on any atom is -0.444 e. The first kappa shape index (κ1) is 17.2. The lowest BCUT2D eigenvalue weighted by Crippen LogP contribution is -2.50. The summed E-state index contributed by atoms with van der Waals surface area (Å²) in [4.78, 5) is 18.4. The zero-order valence-electron chi connectivity index (χ0n) is 14.0. The Kier molecular flexibility index (Phi) is 5.45. The number of aromatic nitrogens is 1. The third-order valence-corrected chi connectivity index (χ3v) is 4.52. The first-order valence-corrected chi connectivity index (χ1v) is 8.72. The van der Waals surface area contributed by atoms with Crippen LogP contribution in [0.25, 0.3) is 0 Å². The van der Waals surface area contributed by atoms with Crippen molar-refractivity contribution in [2.45, 2.75) is 52.7 Å². The molecule has 1 atom stereocenters. The van der Waals surface area contributed by atoms with Crippen LogP contribution in [0.1, 0.15) is 45.5 Å². The van der Waals surface area contributed by atoms with Crippen molar-refractivity contribution in [1.29, 1.82) is 0 Å². The number of thiazole rings is 1. The summed E-state index contributed by atoms with van der Waals surface area (Å²) in [6.07, 6.45) is 3.78. The van der Waals surface area contributed by atoms with E-state index in [-0.39, 0.29) is 11.5 Å². The van der Waals surface area contributed by atoms with Crippen molar-refractivity contribution in [3.05, 3.63) is 16.6 Å². The van der Waals surface area contributed by atoms with Crippen LogP contribution in [0.4, 0.5) is 4.79 Å². The maximum Gasteiger partial charge on any atom is 0.410 e. The van der Waals surface area contributed by atoms with Gasteiger partial charge in [-0.2, -0.15) is 0 Å². The summed E-state index contributed by atoms with van der Waals surface area (Å²) in [5, 5.41) is 6.56. The Balaban J connectivity index is 1.84. The molecule has 0 bridgehead atoms. The van der Waals surface area contributed by atoms with Crippen molar-refractivity contribution in [2.75, 3.05) is 19.6 Å². The molecule has 2 heterocycles. The molecule has 1 aliphatic heterocycles. The first-order valence-electron chi connectivity index (χ1n) is 7.84. The molecular formula is C16H27N3O2S. The molecule has 1 fully saturated rings. The number of likely N-dealkylation sites (tertiary alicyclic amines) is 1. The van der Waals surface area contributed by atoms with Gasteiger partial charge in [0.1, 0.15) is 10.6 Å². The van der Waals surface area contributed by atoms with Gasteiger partial charge in [-0.05, 0) is 39.0 Å². The summed E-state index contributed by atoms with van der Waals surface area (Å²) >= 11 is 1.66. The Labute approximate surface area is 137 Å². The number of carbonyl (C=O) groups excluding carboxylic acids is 1. The second-order valence-electron chi connectivity index (χ2n) is 7.35. The number of carbonyl (C=O) groups is 1. The van der Waals surface area contributed by atoms with E-state index in [0.717, 1.165) is 44.0 Å². The average molecular weight is 325 g/mol. The molecule has 1 aromatic rings. The van der Waals surface area contributed by atoms with Gasteiger partial charge in [0.2, 0.25) is 0 Å². The standard InChI is InChI=1S/C16H27N3O2S/c1-15(2,3)21-14(20)19-8-5-6-16(4,12-19)11-17-10-13-18-7-9-22-13/h7,9,17H,5-6,8,10-12H2,1-4H3. The number of piperidine rings is 1. The molecule has 124 valence electrons. The van der Waals surface area contributed by atoms with Crippen molar-refractivity contribution >= 4 is 17.4 Å². The molecule has 0 radical (unpaired) electrons. The van der Waals surface area contributed by atoms with Crippen LogP contribution in [-0.4, -0.2) is 41.2 Å². The maximum absolute atomic E-state index is 12.2. The second kappa shape index (κ2) is 6.96. The summed E-state index contributed by atoms with van der Waals surface area (Å²) in [6, 6.07) is 0. The lowest BCUT2D eigenvalue weighted by atomic mass is 9.82. The van der Waals surface area contributed by atoms with Gasteiger partial charge in [0.15, 0.2) is 0 Å². The molecule has 1 amide bonds. The molecule has 1 aliphatic rings. The highest BCUT2D eigenvalue weighted by Gasteiger charge is 2.34. The zero-order chi connectivity index (χ0) is 16.2. The minimum absolute atomic E-state index is 0.0897. The fraction of sp³-hybridized carbons (Fsp3) is 0.750. The van der Waals surface area contributed by atoms with Crippen LogP contribution < -0.4 is 5.32 Å². The molecule has 0 aromatic carbocycles. The predicted molar refractivity (Wildman–Crippen MR) is 89.0 cm³/mol. The highest BCUT2D eigenvalue weighted by atomic mass is 32.1.